The van der Waals surface area contributed by atoms with E-state index in [0.717, 1.165) is 6.42 Å². The van der Waals surface area contributed by atoms with E-state index in [1.165, 1.54) is 44.9 Å². The largest absolute Gasteiger partial charge is 0.394 e. The Hall–Kier alpha value is -0.460. The zero-order valence-electron chi connectivity index (χ0n) is 14.4. The maximum Gasteiger partial charge on any atom is 0.115 e. The summed E-state index contributed by atoms with van der Waals surface area (Å²) in [5.74, 6) is 0. The summed E-state index contributed by atoms with van der Waals surface area (Å²) in [4.78, 5) is 0. The van der Waals surface area contributed by atoms with Crippen molar-refractivity contribution in [2.24, 2.45) is 0 Å². The van der Waals surface area contributed by atoms with E-state index in [9.17, 15) is 10.2 Å². The van der Waals surface area contributed by atoms with Gasteiger partial charge in [-0.05, 0) is 12.8 Å². The van der Waals surface area contributed by atoms with Gasteiger partial charge in [0.25, 0.3) is 0 Å². The molecule has 136 valence electrons. The lowest BCUT2D eigenvalue weighted by atomic mass is 10.1. The lowest BCUT2D eigenvalue weighted by Gasteiger charge is -2.23. The van der Waals surface area contributed by atoms with E-state index < -0.39 is 31.0 Å². The summed E-state index contributed by atoms with van der Waals surface area (Å²) in [5.41, 5.74) is 0. The van der Waals surface area contributed by atoms with E-state index in [-0.39, 0.29) is 6.61 Å². The maximum atomic E-state index is 9.80. The van der Waals surface area contributed by atoms with Crippen LogP contribution in [-0.4, -0.2) is 59.6 Å². The highest BCUT2D eigenvalue weighted by molar-refractivity contribution is 4.90. The van der Waals surface area contributed by atoms with Crippen LogP contribution in [0.1, 0.15) is 58.3 Å². The molecule has 0 saturated carbocycles. The molecule has 0 aromatic heterocycles. The van der Waals surface area contributed by atoms with Gasteiger partial charge in [-0.15, -0.1) is 0 Å². The Labute approximate surface area is 140 Å². The molecule has 23 heavy (non-hydrogen) atoms. The van der Waals surface area contributed by atoms with E-state index in [2.05, 4.69) is 13.0 Å². The summed E-state index contributed by atoms with van der Waals surface area (Å²) in [6.45, 7) is 2.35. The molecule has 1 rings (SSSR count). The van der Waals surface area contributed by atoms with Crippen LogP contribution in [-0.2, 0) is 9.47 Å². The van der Waals surface area contributed by atoms with Crippen LogP contribution in [0.15, 0.2) is 12.2 Å². The fraction of sp³-hybridized carbons (Fsp3) is 0.889. The van der Waals surface area contributed by atoms with Gasteiger partial charge in [0.15, 0.2) is 0 Å². The van der Waals surface area contributed by atoms with Gasteiger partial charge >= 0.3 is 0 Å². The highest BCUT2D eigenvalue weighted by Crippen LogP contribution is 2.21. The number of aliphatic hydroxyl groups is 3. The Morgan fingerprint density at radius 3 is 2.52 bits per heavy atom. The molecule has 0 unspecified atom stereocenters. The van der Waals surface area contributed by atoms with Crippen molar-refractivity contribution in [3.8, 4) is 0 Å². The molecule has 0 radical (unpaired) electrons. The minimum atomic E-state index is -1.02. The molecule has 1 heterocycles. The third-order valence-electron chi connectivity index (χ3n) is 4.25. The van der Waals surface area contributed by atoms with Crippen LogP contribution in [0, 0.1) is 0 Å². The first kappa shape index (κ1) is 20.6. The molecule has 0 bridgehead atoms. The Morgan fingerprint density at radius 1 is 1.13 bits per heavy atom. The molecule has 0 aromatic rings. The number of allylic oxidation sites excluding steroid dienone is 1. The van der Waals surface area contributed by atoms with Crippen LogP contribution >= 0.6 is 0 Å². The molecular formula is C18H34O5. The molecule has 5 heteroatoms. The Bertz CT molecular complexity index is 308. The molecule has 3 N–H and O–H groups in total. The second kappa shape index (κ2) is 12.9. The van der Waals surface area contributed by atoms with Crippen LogP contribution in [0.2, 0.25) is 0 Å². The number of aliphatic hydroxyl groups excluding tert-OH is 3. The van der Waals surface area contributed by atoms with Crippen molar-refractivity contribution in [3.05, 3.63) is 12.2 Å². The average Bonchev–Trinajstić information content (AvgIpc) is 2.93. The fourth-order valence-corrected chi connectivity index (χ4v) is 2.83. The molecule has 0 aliphatic carbocycles. The summed E-state index contributed by atoms with van der Waals surface area (Å²) in [6.07, 6.45) is 11.2. The fourth-order valence-electron chi connectivity index (χ4n) is 2.83. The van der Waals surface area contributed by atoms with Gasteiger partial charge in [0, 0.05) is 0 Å². The number of ether oxygens (including phenoxy) is 2. The first-order chi connectivity index (χ1) is 11.2. The molecule has 1 aliphatic rings. The van der Waals surface area contributed by atoms with Gasteiger partial charge < -0.3 is 24.8 Å². The number of hydrogen-bond acceptors (Lipinski definition) is 5. The molecule has 0 aromatic carbocycles. The van der Waals surface area contributed by atoms with Crippen LogP contribution < -0.4 is 0 Å². The highest BCUT2D eigenvalue weighted by Gasteiger charge is 2.40. The SMILES string of the molecule is CCCCCCCCC/C=C/CO[C@@H]1[C@H]([C@@H](O)CO)OC[C@H]1O. The van der Waals surface area contributed by atoms with Gasteiger partial charge in [-0.1, -0.05) is 57.6 Å². The second-order valence-electron chi connectivity index (χ2n) is 6.29. The number of rotatable bonds is 13. The number of hydrogen-bond donors (Lipinski definition) is 3. The van der Waals surface area contributed by atoms with Crippen molar-refractivity contribution in [2.75, 3.05) is 19.8 Å². The predicted octanol–water partition coefficient (Wildman–Crippen LogP) is 2.18. The molecule has 1 fully saturated rings. The summed E-state index contributed by atoms with van der Waals surface area (Å²) >= 11 is 0. The van der Waals surface area contributed by atoms with Crippen molar-refractivity contribution in [2.45, 2.75) is 82.7 Å². The van der Waals surface area contributed by atoms with E-state index >= 15 is 0 Å². The molecule has 1 saturated heterocycles. The standard InChI is InChI=1S/C18H34O5/c1-2-3-4-5-6-7-8-9-10-11-12-22-18-16(21)14-23-17(18)15(20)13-19/h10-11,15-21H,2-9,12-14H2,1H3/b11-10+/t15-,16+,17-,18-/m0/s1. The minimum Gasteiger partial charge on any atom is -0.394 e. The Balaban J connectivity index is 2.06. The van der Waals surface area contributed by atoms with Gasteiger partial charge in [0.1, 0.15) is 24.4 Å². The van der Waals surface area contributed by atoms with Crippen molar-refractivity contribution in [3.63, 3.8) is 0 Å². The van der Waals surface area contributed by atoms with Gasteiger partial charge in [0.05, 0.1) is 19.8 Å². The first-order valence-corrected chi connectivity index (χ1v) is 9.05. The lowest BCUT2D eigenvalue weighted by Crippen LogP contribution is -2.42. The van der Waals surface area contributed by atoms with Gasteiger partial charge in [0.2, 0.25) is 0 Å². The molecule has 5 nitrogen and oxygen atoms in total. The topological polar surface area (TPSA) is 79.2 Å². The average molecular weight is 330 g/mol. The second-order valence-corrected chi connectivity index (χ2v) is 6.29. The van der Waals surface area contributed by atoms with Crippen molar-refractivity contribution in [1.82, 2.24) is 0 Å². The minimum absolute atomic E-state index is 0.133. The third kappa shape index (κ3) is 8.27. The zero-order valence-corrected chi connectivity index (χ0v) is 14.4. The van der Waals surface area contributed by atoms with Gasteiger partial charge in [-0.2, -0.15) is 0 Å². The van der Waals surface area contributed by atoms with Crippen LogP contribution in [0.25, 0.3) is 0 Å². The smallest absolute Gasteiger partial charge is 0.115 e. The molecule has 1 aliphatic heterocycles. The predicted molar refractivity (Wildman–Crippen MR) is 90.3 cm³/mol. The van der Waals surface area contributed by atoms with Crippen LogP contribution in [0.4, 0.5) is 0 Å². The van der Waals surface area contributed by atoms with Crippen molar-refractivity contribution < 1.29 is 24.8 Å². The van der Waals surface area contributed by atoms with E-state index in [1.807, 2.05) is 6.08 Å². The van der Waals surface area contributed by atoms with E-state index in [4.69, 9.17) is 14.6 Å². The quantitative estimate of drug-likeness (QED) is 0.356. The van der Waals surface area contributed by atoms with Crippen LogP contribution in [0.5, 0.6) is 0 Å². The molecular weight excluding hydrogens is 296 g/mol. The summed E-state index contributed by atoms with van der Waals surface area (Å²) < 4.78 is 10.9. The highest BCUT2D eigenvalue weighted by atomic mass is 16.6. The summed E-state index contributed by atoms with van der Waals surface area (Å²) in [7, 11) is 0. The zero-order chi connectivity index (χ0) is 16.9. The number of unbranched alkanes of at least 4 members (excludes halogenated alkanes) is 7. The van der Waals surface area contributed by atoms with Crippen molar-refractivity contribution in [1.29, 1.82) is 0 Å². The monoisotopic (exact) mass is 330 g/mol. The Kier molecular flexibility index (Phi) is 11.5. The first-order valence-electron chi connectivity index (χ1n) is 9.05. The third-order valence-corrected chi connectivity index (χ3v) is 4.25. The molecule has 0 amide bonds. The normalized spacial score (nSPS) is 26.2. The summed E-state index contributed by atoms with van der Waals surface area (Å²) in [6, 6.07) is 0. The van der Waals surface area contributed by atoms with Gasteiger partial charge in [-0.3, -0.25) is 0 Å². The summed E-state index contributed by atoms with van der Waals surface area (Å²) in [5, 5.41) is 28.4. The van der Waals surface area contributed by atoms with E-state index in [1.54, 1.807) is 0 Å². The van der Waals surface area contributed by atoms with Crippen LogP contribution in [0.3, 0.4) is 0 Å². The Morgan fingerprint density at radius 2 is 1.83 bits per heavy atom. The van der Waals surface area contributed by atoms with E-state index in [0.29, 0.717) is 6.61 Å². The molecule has 4 atom stereocenters. The molecule has 0 spiro atoms. The lowest BCUT2D eigenvalue weighted by molar-refractivity contribution is -0.0879. The van der Waals surface area contributed by atoms with Gasteiger partial charge in [-0.25, -0.2) is 0 Å². The maximum absolute atomic E-state index is 9.80. The van der Waals surface area contributed by atoms with Crippen molar-refractivity contribution >= 4 is 0 Å².